The number of aromatic nitrogens is 2. The molecule has 30 heavy (non-hydrogen) atoms. The number of H-pyrrole nitrogens is 1. The number of non-ortho nitro benzene ring substituents is 1. The molecular weight excluding hydrogens is 412 g/mol. The molecule has 156 valence electrons. The summed E-state index contributed by atoms with van der Waals surface area (Å²) in [5.41, 5.74) is -0.535. The summed E-state index contributed by atoms with van der Waals surface area (Å²) >= 11 is 0. The Morgan fingerprint density at radius 3 is 2.57 bits per heavy atom. The number of sulfone groups is 1. The van der Waals surface area contributed by atoms with Gasteiger partial charge in [-0.3, -0.25) is 19.7 Å². The van der Waals surface area contributed by atoms with E-state index in [0.717, 1.165) is 24.5 Å². The lowest BCUT2D eigenvalue weighted by Gasteiger charge is -2.20. The van der Waals surface area contributed by atoms with E-state index in [9.17, 15) is 28.1 Å². The van der Waals surface area contributed by atoms with Gasteiger partial charge in [0.1, 0.15) is 5.82 Å². The Labute approximate surface area is 171 Å². The van der Waals surface area contributed by atoms with Crippen LogP contribution in [0, 0.1) is 10.1 Å². The van der Waals surface area contributed by atoms with Crippen molar-refractivity contribution in [3.8, 4) is 0 Å². The van der Waals surface area contributed by atoms with Crippen molar-refractivity contribution in [3.05, 3.63) is 74.3 Å². The third-order valence-electron chi connectivity index (χ3n) is 4.45. The molecule has 0 saturated heterocycles. The minimum Gasteiger partial charge on any atom is -0.331 e. The first-order valence-electron chi connectivity index (χ1n) is 8.87. The van der Waals surface area contributed by atoms with Crippen LogP contribution in [0.15, 0.2) is 52.2 Å². The second-order valence-corrected chi connectivity index (χ2v) is 8.61. The van der Waals surface area contributed by atoms with Crippen molar-refractivity contribution in [2.45, 2.75) is 18.4 Å². The normalized spacial score (nSPS) is 11.4. The molecule has 11 heteroatoms. The minimum atomic E-state index is -3.77. The number of aromatic amines is 1. The molecule has 10 nitrogen and oxygen atoms in total. The van der Waals surface area contributed by atoms with Gasteiger partial charge < -0.3 is 9.88 Å². The predicted molar refractivity (Wildman–Crippen MR) is 109 cm³/mol. The Balaban J connectivity index is 2.00. The molecule has 1 aromatic heterocycles. The molecular formula is C19H18N4O6S. The molecule has 0 aliphatic heterocycles. The van der Waals surface area contributed by atoms with Crippen LogP contribution in [0.5, 0.6) is 0 Å². The standard InChI is InChI=1S/C19H18N4O6S/c1-3-22(11-17-20-16-7-5-4-6-15(16)18(24)21-17)19(25)12-8-13(23(26)27)10-14(9-12)30(2,28)29/h4-10H,3,11H2,1-2H3,(H,20,21,24). The quantitative estimate of drug-likeness (QED) is 0.464. The number of rotatable bonds is 6. The molecule has 0 spiro atoms. The fourth-order valence-electron chi connectivity index (χ4n) is 2.93. The molecule has 0 aliphatic rings. The SMILES string of the molecule is CCN(Cc1nc2ccccc2c(=O)[nH]1)C(=O)c1cc([N+](=O)[O-])cc(S(C)(=O)=O)c1. The van der Waals surface area contributed by atoms with E-state index < -0.39 is 26.4 Å². The largest absolute Gasteiger partial charge is 0.331 e. The zero-order valence-electron chi connectivity index (χ0n) is 16.2. The van der Waals surface area contributed by atoms with Gasteiger partial charge in [-0.15, -0.1) is 0 Å². The van der Waals surface area contributed by atoms with Gasteiger partial charge in [0.15, 0.2) is 9.84 Å². The lowest BCUT2D eigenvalue weighted by molar-refractivity contribution is -0.385. The van der Waals surface area contributed by atoms with E-state index in [0.29, 0.717) is 10.9 Å². The summed E-state index contributed by atoms with van der Waals surface area (Å²) in [5, 5.41) is 11.6. The number of nitrogens with zero attached hydrogens (tertiary/aromatic N) is 3. The number of amides is 1. The smallest absolute Gasteiger partial charge is 0.271 e. The van der Waals surface area contributed by atoms with Crippen molar-refractivity contribution in [1.29, 1.82) is 0 Å². The maximum atomic E-state index is 13.0. The maximum absolute atomic E-state index is 13.0. The molecule has 1 heterocycles. The number of hydrogen-bond acceptors (Lipinski definition) is 7. The minimum absolute atomic E-state index is 0.0632. The van der Waals surface area contributed by atoms with Crippen LogP contribution in [0.3, 0.4) is 0 Å². The second-order valence-electron chi connectivity index (χ2n) is 6.59. The second kappa shape index (κ2) is 8.03. The lowest BCUT2D eigenvalue weighted by Crippen LogP contribution is -2.32. The van der Waals surface area contributed by atoms with Crippen LogP contribution in [-0.2, 0) is 16.4 Å². The summed E-state index contributed by atoms with van der Waals surface area (Å²) in [7, 11) is -3.77. The Kier molecular flexibility index (Phi) is 5.65. The molecule has 3 aromatic rings. The number of nitro groups is 1. The lowest BCUT2D eigenvalue weighted by atomic mass is 10.1. The summed E-state index contributed by atoms with van der Waals surface area (Å²) in [5.74, 6) is -0.385. The third kappa shape index (κ3) is 4.35. The molecule has 2 aromatic carbocycles. The van der Waals surface area contributed by atoms with E-state index in [2.05, 4.69) is 9.97 Å². The first-order chi connectivity index (χ1) is 14.1. The number of carbonyl (C=O) groups is 1. The van der Waals surface area contributed by atoms with Gasteiger partial charge in [0.2, 0.25) is 0 Å². The third-order valence-corrected chi connectivity index (χ3v) is 5.54. The Morgan fingerprint density at radius 2 is 1.93 bits per heavy atom. The van der Waals surface area contributed by atoms with Crippen molar-refractivity contribution in [2.75, 3.05) is 12.8 Å². The van der Waals surface area contributed by atoms with Gasteiger partial charge in [-0.05, 0) is 25.1 Å². The molecule has 0 unspecified atom stereocenters. The zero-order chi connectivity index (χ0) is 22.1. The van der Waals surface area contributed by atoms with Crippen LogP contribution in [0.2, 0.25) is 0 Å². The predicted octanol–water partition coefficient (Wildman–Crippen LogP) is 1.90. The van der Waals surface area contributed by atoms with Gasteiger partial charge in [-0.1, -0.05) is 12.1 Å². The Hall–Kier alpha value is -3.60. The number of nitrogens with one attached hydrogen (secondary N) is 1. The maximum Gasteiger partial charge on any atom is 0.271 e. The van der Waals surface area contributed by atoms with E-state index in [4.69, 9.17) is 0 Å². The summed E-state index contributed by atoms with van der Waals surface area (Å²) in [6.07, 6.45) is 0.904. The van der Waals surface area contributed by atoms with E-state index in [1.54, 1.807) is 31.2 Å². The van der Waals surface area contributed by atoms with E-state index >= 15 is 0 Å². The Bertz CT molecular complexity index is 1320. The average Bonchev–Trinajstić information content (AvgIpc) is 2.70. The van der Waals surface area contributed by atoms with Gasteiger partial charge in [0, 0.05) is 30.5 Å². The average molecular weight is 430 g/mol. The number of para-hydroxylation sites is 1. The molecule has 0 bridgehead atoms. The van der Waals surface area contributed by atoms with Gasteiger partial charge in [0.05, 0.1) is 27.3 Å². The van der Waals surface area contributed by atoms with Crippen LogP contribution in [-0.4, -0.2) is 46.9 Å². The van der Waals surface area contributed by atoms with E-state index in [-0.39, 0.29) is 34.9 Å². The summed E-state index contributed by atoms with van der Waals surface area (Å²) in [6, 6.07) is 9.78. The van der Waals surface area contributed by atoms with Crippen molar-refractivity contribution in [2.24, 2.45) is 0 Å². The highest BCUT2D eigenvalue weighted by Gasteiger charge is 2.22. The fourth-order valence-corrected chi connectivity index (χ4v) is 3.60. The number of fused-ring (bicyclic) bond motifs is 1. The highest BCUT2D eigenvalue weighted by atomic mass is 32.2. The zero-order valence-corrected chi connectivity index (χ0v) is 17.0. The van der Waals surface area contributed by atoms with Crippen LogP contribution < -0.4 is 5.56 Å². The molecule has 0 saturated carbocycles. The van der Waals surface area contributed by atoms with Gasteiger partial charge in [0.25, 0.3) is 17.2 Å². The summed E-state index contributed by atoms with van der Waals surface area (Å²) in [4.78, 5) is 43.6. The molecule has 1 amide bonds. The number of carbonyl (C=O) groups excluding carboxylic acids is 1. The van der Waals surface area contributed by atoms with Crippen molar-refractivity contribution >= 4 is 32.3 Å². The van der Waals surface area contributed by atoms with Gasteiger partial charge in [-0.2, -0.15) is 0 Å². The van der Waals surface area contributed by atoms with Crippen LogP contribution in [0.25, 0.3) is 10.9 Å². The Morgan fingerprint density at radius 1 is 1.23 bits per heavy atom. The fraction of sp³-hybridized carbons (Fsp3) is 0.211. The van der Waals surface area contributed by atoms with Crippen LogP contribution in [0.1, 0.15) is 23.1 Å². The van der Waals surface area contributed by atoms with Crippen LogP contribution in [0.4, 0.5) is 5.69 Å². The van der Waals surface area contributed by atoms with Crippen LogP contribution >= 0.6 is 0 Å². The highest BCUT2D eigenvalue weighted by molar-refractivity contribution is 7.90. The monoisotopic (exact) mass is 430 g/mol. The molecule has 0 fully saturated rings. The highest BCUT2D eigenvalue weighted by Crippen LogP contribution is 2.22. The molecule has 0 radical (unpaired) electrons. The van der Waals surface area contributed by atoms with Crippen molar-refractivity contribution < 1.29 is 18.1 Å². The molecule has 0 aliphatic carbocycles. The van der Waals surface area contributed by atoms with Crippen molar-refractivity contribution in [3.63, 3.8) is 0 Å². The number of nitro benzene ring substituents is 1. The van der Waals surface area contributed by atoms with E-state index in [1.807, 2.05) is 0 Å². The first-order valence-corrected chi connectivity index (χ1v) is 10.8. The van der Waals surface area contributed by atoms with E-state index in [1.165, 1.54) is 4.90 Å². The molecule has 1 N–H and O–H groups in total. The number of hydrogen-bond donors (Lipinski definition) is 1. The van der Waals surface area contributed by atoms with Gasteiger partial charge >= 0.3 is 0 Å². The van der Waals surface area contributed by atoms with Gasteiger partial charge in [-0.25, -0.2) is 13.4 Å². The summed E-state index contributed by atoms with van der Waals surface area (Å²) in [6.45, 7) is 1.82. The number of benzene rings is 2. The molecule has 3 rings (SSSR count). The molecule has 0 atom stereocenters. The first kappa shape index (κ1) is 21.1. The van der Waals surface area contributed by atoms with Crippen molar-refractivity contribution in [1.82, 2.24) is 14.9 Å². The topological polar surface area (TPSA) is 143 Å². The summed E-state index contributed by atoms with van der Waals surface area (Å²) < 4.78 is 23.8.